The Labute approximate surface area is 88.1 Å². The first kappa shape index (κ1) is 9.90. The summed E-state index contributed by atoms with van der Waals surface area (Å²) in [6.45, 7) is 3.83. The van der Waals surface area contributed by atoms with Gasteiger partial charge in [-0.25, -0.2) is 4.79 Å². The molecule has 0 atom stereocenters. The molecule has 3 heteroatoms. The molecule has 1 heterocycles. The third-order valence-corrected chi connectivity index (χ3v) is 2.57. The van der Waals surface area contributed by atoms with Crippen LogP contribution in [0.2, 0.25) is 0 Å². The fourth-order valence-electron chi connectivity index (χ4n) is 1.93. The van der Waals surface area contributed by atoms with Crippen molar-refractivity contribution in [3.8, 4) is 0 Å². The van der Waals surface area contributed by atoms with Crippen LogP contribution in [0.15, 0.2) is 29.3 Å². The van der Waals surface area contributed by atoms with Crippen LogP contribution < -0.4 is 10.6 Å². The van der Waals surface area contributed by atoms with E-state index in [2.05, 4.69) is 4.99 Å². The monoisotopic (exact) mass is 203 g/mol. The number of methoxy groups -OCH3 is 1. The SMILES string of the molecule is COC(=O)C1=c2ccccc2=NC1(C)C. The summed E-state index contributed by atoms with van der Waals surface area (Å²) in [5.74, 6) is -0.297. The second-order valence-electron chi connectivity index (χ2n) is 4.05. The molecule has 0 fully saturated rings. The summed E-state index contributed by atoms with van der Waals surface area (Å²) in [6.07, 6.45) is 0. The molecule has 0 spiro atoms. The Balaban J connectivity index is 2.80. The van der Waals surface area contributed by atoms with E-state index in [1.807, 2.05) is 38.1 Å². The van der Waals surface area contributed by atoms with Crippen molar-refractivity contribution in [2.24, 2.45) is 4.99 Å². The van der Waals surface area contributed by atoms with Gasteiger partial charge in [0.05, 0.1) is 23.6 Å². The largest absolute Gasteiger partial charge is 0.466 e. The molecule has 0 unspecified atom stereocenters. The molecule has 0 N–H and O–H groups in total. The Kier molecular flexibility index (Phi) is 2.11. The van der Waals surface area contributed by atoms with Crippen molar-refractivity contribution in [2.75, 3.05) is 7.11 Å². The van der Waals surface area contributed by atoms with E-state index in [4.69, 9.17) is 4.74 Å². The lowest BCUT2D eigenvalue weighted by Crippen LogP contribution is -2.29. The second kappa shape index (κ2) is 3.19. The van der Waals surface area contributed by atoms with E-state index in [1.165, 1.54) is 7.11 Å². The van der Waals surface area contributed by atoms with Gasteiger partial charge >= 0.3 is 5.97 Å². The molecule has 1 aliphatic rings. The number of nitrogens with zero attached hydrogens (tertiary/aromatic N) is 1. The number of ether oxygens (including phenoxy) is 1. The van der Waals surface area contributed by atoms with E-state index in [-0.39, 0.29) is 5.97 Å². The molecule has 0 bridgehead atoms. The molecule has 0 saturated carbocycles. The minimum Gasteiger partial charge on any atom is -0.466 e. The average molecular weight is 203 g/mol. The standard InChI is InChI=1S/C12H13NO2/c1-12(2)10(11(14)15-3)8-6-4-5-7-9(8)13-12/h4-7H,1-3H3. The highest BCUT2D eigenvalue weighted by atomic mass is 16.5. The van der Waals surface area contributed by atoms with Crippen molar-refractivity contribution in [2.45, 2.75) is 19.4 Å². The zero-order valence-corrected chi connectivity index (χ0v) is 9.07. The zero-order valence-electron chi connectivity index (χ0n) is 9.07. The minimum atomic E-state index is -0.489. The van der Waals surface area contributed by atoms with Gasteiger partial charge in [0.1, 0.15) is 0 Å². The van der Waals surface area contributed by atoms with Crippen LogP contribution in [0.4, 0.5) is 0 Å². The Morgan fingerprint density at radius 1 is 1.33 bits per heavy atom. The van der Waals surface area contributed by atoms with Gasteiger partial charge in [-0.05, 0) is 19.9 Å². The first-order valence-corrected chi connectivity index (χ1v) is 4.84. The Bertz CT molecular complexity index is 529. The number of rotatable bonds is 1. The number of benzene rings is 1. The highest BCUT2D eigenvalue weighted by Gasteiger charge is 2.33. The zero-order chi connectivity index (χ0) is 11.1. The lowest BCUT2D eigenvalue weighted by molar-refractivity contribution is -0.134. The fraction of sp³-hybridized carbons (Fsp3) is 0.333. The fourth-order valence-corrected chi connectivity index (χ4v) is 1.93. The summed E-state index contributed by atoms with van der Waals surface area (Å²) in [4.78, 5) is 16.2. The predicted octanol–water partition coefficient (Wildman–Crippen LogP) is 0.422. The average Bonchev–Trinajstić information content (AvgIpc) is 2.46. The quantitative estimate of drug-likeness (QED) is 0.620. The van der Waals surface area contributed by atoms with Gasteiger partial charge in [-0.2, -0.15) is 0 Å². The molecule has 0 aromatic heterocycles. The van der Waals surface area contributed by atoms with E-state index in [1.54, 1.807) is 0 Å². The number of esters is 1. The number of hydrogen-bond acceptors (Lipinski definition) is 3. The number of fused-ring (bicyclic) bond motifs is 1. The van der Waals surface area contributed by atoms with Crippen LogP contribution in [0, 0.1) is 0 Å². The van der Waals surface area contributed by atoms with Gasteiger partial charge in [-0.1, -0.05) is 18.2 Å². The number of carbonyl (C=O) groups excluding carboxylic acids is 1. The molecule has 1 aromatic carbocycles. The summed E-state index contributed by atoms with van der Waals surface area (Å²) in [5.41, 5.74) is 0.150. The van der Waals surface area contributed by atoms with Crippen LogP contribution in [0.1, 0.15) is 13.8 Å². The maximum atomic E-state index is 11.7. The lowest BCUT2D eigenvalue weighted by Gasteiger charge is -2.17. The van der Waals surface area contributed by atoms with E-state index in [9.17, 15) is 4.79 Å². The molecule has 3 nitrogen and oxygen atoms in total. The first-order chi connectivity index (χ1) is 7.06. The predicted molar refractivity (Wildman–Crippen MR) is 56.7 cm³/mol. The van der Waals surface area contributed by atoms with Crippen molar-refractivity contribution < 1.29 is 9.53 Å². The van der Waals surface area contributed by atoms with Crippen LogP contribution in [-0.4, -0.2) is 18.6 Å². The van der Waals surface area contributed by atoms with Gasteiger partial charge < -0.3 is 4.74 Å². The third kappa shape index (κ3) is 1.44. The van der Waals surface area contributed by atoms with Gasteiger partial charge in [0, 0.05) is 5.22 Å². The summed E-state index contributed by atoms with van der Waals surface area (Å²) >= 11 is 0. The van der Waals surface area contributed by atoms with Crippen LogP contribution in [0.5, 0.6) is 0 Å². The minimum absolute atomic E-state index is 0.297. The molecule has 15 heavy (non-hydrogen) atoms. The Morgan fingerprint density at radius 2 is 2.00 bits per heavy atom. The van der Waals surface area contributed by atoms with Gasteiger partial charge in [-0.15, -0.1) is 0 Å². The van der Waals surface area contributed by atoms with Crippen molar-refractivity contribution >= 4 is 11.5 Å². The molecule has 0 radical (unpaired) electrons. The second-order valence-corrected chi connectivity index (χ2v) is 4.05. The van der Waals surface area contributed by atoms with E-state index >= 15 is 0 Å². The van der Waals surface area contributed by atoms with Crippen molar-refractivity contribution in [1.29, 1.82) is 0 Å². The molecule has 78 valence electrons. The number of carbonyl (C=O) groups is 1. The number of para-hydroxylation sites is 1. The smallest absolute Gasteiger partial charge is 0.336 e. The van der Waals surface area contributed by atoms with Crippen molar-refractivity contribution in [3.05, 3.63) is 34.8 Å². The molecule has 1 aromatic rings. The van der Waals surface area contributed by atoms with E-state index in [0.29, 0.717) is 5.57 Å². The molecule has 0 aliphatic carbocycles. The first-order valence-electron chi connectivity index (χ1n) is 4.84. The molecule has 2 rings (SSSR count). The van der Waals surface area contributed by atoms with Crippen molar-refractivity contribution in [1.82, 2.24) is 0 Å². The molecule has 0 amide bonds. The maximum absolute atomic E-state index is 11.7. The molecule has 0 saturated heterocycles. The van der Waals surface area contributed by atoms with Crippen molar-refractivity contribution in [3.63, 3.8) is 0 Å². The molecule has 1 aliphatic heterocycles. The third-order valence-electron chi connectivity index (χ3n) is 2.57. The summed E-state index contributed by atoms with van der Waals surface area (Å²) in [7, 11) is 1.40. The van der Waals surface area contributed by atoms with Crippen LogP contribution >= 0.6 is 0 Å². The van der Waals surface area contributed by atoms with Gasteiger partial charge in [0.2, 0.25) is 0 Å². The Hall–Kier alpha value is -1.64. The van der Waals surface area contributed by atoms with Crippen LogP contribution in [0.3, 0.4) is 0 Å². The van der Waals surface area contributed by atoms with Crippen LogP contribution in [-0.2, 0) is 9.53 Å². The van der Waals surface area contributed by atoms with Crippen LogP contribution in [0.25, 0.3) is 5.57 Å². The molecular weight excluding hydrogens is 190 g/mol. The Morgan fingerprint density at radius 3 is 2.67 bits per heavy atom. The summed E-state index contributed by atoms with van der Waals surface area (Å²) in [6, 6.07) is 7.63. The van der Waals surface area contributed by atoms with E-state index in [0.717, 1.165) is 10.6 Å². The molecular formula is C12H13NO2. The van der Waals surface area contributed by atoms with Gasteiger partial charge in [0.15, 0.2) is 0 Å². The highest BCUT2D eigenvalue weighted by molar-refractivity contribution is 6.13. The lowest BCUT2D eigenvalue weighted by atomic mass is 9.95. The highest BCUT2D eigenvalue weighted by Crippen LogP contribution is 2.23. The summed E-state index contributed by atoms with van der Waals surface area (Å²) in [5, 5.41) is 1.75. The maximum Gasteiger partial charge on any atom is 0.336 e. The van der Waals surface area contributed by atoms with Gasteiger partial charge in [-0.3, -0.25) is 4.99 Å². The van der Waals surface area contributed by atoms with Gasteiger partial charge in [0.25, 0.3) is 0 Å². The summed E-state index contributed by atoms with van der Waals surface area (Å²) < 4.78 is 4.79. The number of hydrogen-bond donors (Lipinski definition) is 0. The van der Waals surface area contributed by atoms with E-state index < -0.39 is 5.54 Å². The normalized spacial score (nSPS) is 16.9. The topological polar surface area (TPSA) is 38.7 Å².